The van der Waals surface area contributed by atoms with Crippen molar-refractivity contribution in [1.29, 1.82) is 0 Å². The van der Waals surface area contributed by atoms with Crippen molar-refractivity contribution < 1.29 is 23.8 Å². The average Bonchev–Trinajstić information content (AvgIpc) is 2.76. The van der Waals surface area contributed by atoms with Crippen molar-refractivity contribution >= 4 is 23.1 Å². The number of rotatable bonds is 8. The molecule has 1 heterocycles. The van der Waals surface area contributed by atoms with Crippen LogP contribution in [0.3, 0.4) is 0 Å². The summed E-state index contributed by atoms with van der Waals surface area (Å²) in [6, 6.07) is 13.0. The van der Waals surface area contributed by atoms with Crippen LogP contribution in [-0.2, 0) is 16.2 Å². The van der Waals surface area contributed by atoms with Gasteiger partial charge in [-0.25, -0.2) is 9.78 Å². The molecule has 0 atom stereocenters. The summed E-state index contributed by atoms with van der Waals surface area (Å²) in [6.45, 7) is 3.96. The van der Waals surface area contributed by atoms with Crippen molar-refractivity contribution in [2.75, 3.05) is 20.8 Å². The predicted molar refractivity (Wildman–Crippen MR) is 114 cm³/mol. The lowest BCUT2D eigenvalue weighted by atomic mass is 10.0. The molecule has 0 unspecified atom stereocenters. The van der Waals surface area contributed by atoms with Crippen LogP contribution in [0.2, 0.25) is 0 Å². The zero-order valence-electron chi connectivity index (χ0n) is 17.5. The van der Waals surface area contributed by atoms with Crippen molar-refractivity contribution in [3.8, 4) is 11.5 Å². The number of aryl methyl sites for hydroxylation is 1. The van der Waals surface area contributed by atoms with E-state index in [1.54, 1.807) is 39.5 Å². The molecule has 3 aromatic rings. The number of hydrogen-bond acceptors (Lipinski definition) is 7. The fourth-order valence-electron chi connectivity index (χ4n) is 3.15. The SMILES string of the molecule is CCOC(=O)c1c(CO/N=C\c2ccc(OC)c(OC)c2)nc2ccccc2c1C. The maximum Gasteiger partial charge on any atom is 0.340 e. The Morgan fingerprint density at radius 1 is 1.10 bits per heavy atom. The van der Waals surface area contributed by atoms with Crippen molar-refractivity contribution in [2.45, 2.75) is 20.5 Å². The molecule has 30 heavy (non-hydrogen) atoms. The summed E-state index contributed by atoms with van der Waals surface area (Å²) in [5.41, 5.74) is 3.26. The minimum atomic E-state index is -0.421. The fourth-order valence-corrected chi connectivity index (χ4v) is 3.15. The Morgan fingerprint density at radius 3 is 2.60 bits per heavy atom. The van der Waals surface area contributed by atoms with Crippen LogP contribution in [0.1, 0.15) is 34.1 Å². The first kappa shape index (κ1) is 21.1. The number of aromatic nitrogens is 1. The number of methoxy groups -OCH3 is 2. The first-order valence-electron chi connectivity index (χ1n) is 9.51. The van der Waals surface area contributed by atoms with Crippen molar-refractivity contribution in [1.82, 2.24) is 4.98 Å². The van der Waals surface area contributed by atoms with E-state index in [1.807, 2.05) is 37.3 Å². The molecule has 0 saturated heterocycles. The van der Waals surface area contributed by atoms with E-state index in [9.17, 15) is 4.79 Å². The minimum Gasteiger partial charge on any atom is -0.493 e. The molecule has 0 N–H and O–H groups in total. The Kier molecular flexibility index (Phi) is 6.85. The lowest BCUT2D eigenvalue weighted by Crippen LogP contribution is -2.13. The Balaban J connectivity index is 1.84. The van der Waals surface area contributed by atoms with Crippen LogP contribution in [-0.4, -0.2) is 38.0 Å². The smallest absolute Gasteiger partial charge is 0.340 e. The molecule has 0 bridgehead atoms. The quantitative estimate of drug-likeness (QED) is 0.314. The molecule has 0 spiro atoms. The van der Waals surface area contributed by atoms with E-state index >= 15 is 0 Å². The van der Waals surface area contributed by atoms with Gasteiger partial charge in [0.25, 0.3) is 0 Å². The summed E-state index contributed by atoms with van der Waals surface area (Å²) in [4.78, 5) is 22.6. The molecule has 156 valence electrons. The number of pyridine rings is 1. The van der Waals surface area contributed by atoms with E-state index in [-0.39, 0.29) is 13.2 Å². The largest absolute Gasteiger partial charge is 0.493 e. The molecule has 0 radical (unpaired) electrons. The van der Waals surface area contributed by atoms with Gasteiger partial charge in [0, 0.05) is 10.9 Å². The number of carbonyl (C=O) groups excluding carboxylic acids is 1. The number of carbonyl (C=O) groups is 1. The van der Waals surface area contributed by atoms with Crippen LogP contribution in [0.5, 0.6) is 11.5 Å². The normalized spacial score (nSPS) is 10.9. The standard InChI is InChI=1S/C23H24N2O5/c1-5-29-23(26)22-15(2)17-8-6-7-9-18(17)25-19(22)14-30-24-13-16-10-11-20(27-3)21(12-16)28-4/h6-13H,5,14H2,1-4H3/b24-13-. The van der Waals surface area contributed by atoms with Gasteiger partial charge in [0.05, 0.1) is 43.8 Å². The number of ether oxygens (including phenoxy) is 3. The summed E-state index contributed by atoms with van der Waals surface area (Å²) in [6.07, 6.45) is 1.56. The van der Waals surface area contributed by atoms with Gasteiger partial charge in [0.15, 0.2) is 18.1 Å². The second-order valence-corrected chi connectivity index (χ2v) is 6.42. The van der Waals surface area contributed by atoms with E-state index in [0.717, 1.165) is 22.0 Å². The third kappa shape index (κ3) is 4.51. The molecule has 7 nitrogen and oxygen atoms in total. The van der Waals surface area contributed by atoms with Gasteiger partial charge in [-0.3, -0.25) is 0 Å². The van der Waals surface area contributed by atoms with Gasteiger partial charge in [0.1, 0.15) is 0 Å². The molecule has 0 amide bonds. The topological polar surface area (TPSA) is 79.2 Å². The second-order valence-electron chi connectivity index (χ2n) is 6.42. The molecular weight excluding hydrogens is 384 g/mol. The first-order chi connectivity index (χ1) is 14.6. The number of oxime groups is 1. The third-order valence-corrected chi connectivity index (χ3v) is 4.59. The van der Waals surface area contributed by atoms with E-state index in [4.69, 9.17) is 19.0 Å². The highest BCUT2D eigenvalue weighted by Crippen LogP contribution is 2.27. The zero-order valence-corrected chi connectivity index (χ0v) is 17.5. The number of esters is 1. The van der Waals surface area contributed by atoms with Gasteiger partial charge in [-0.15, -0.1) is 0 Å². The maximum absolute atomic E-state index is 12.5. The average molecular weight is 408 g/mol. The van der Waals surface area contributed by atoms with Gasteiger partial charge < -0.3 is 19.0 Å². The van der Waals surface area contributed by atoms with E-state index in [0.29, 0.717) is 22.8 Å². The van der Waals surface area contributed by atoms with Gasteiger partial charge in [0.2, 0.25) is 0 Å². The molecule has 2 aromatic carbocycles. The Labute approximate surface area is 175 Å². The highest BCUT2D eigenvalue weighted by molar-refractivity contribution is 5.98. The summed E-state index contributed by atoms with van der Waals surface area (Å²) in [5.74, 6) is 0.805. The van der Waals surface area contributed by atoms with Crippen LogP contribution < -0.4 is 9.47 Å². The van der Waals surface area contributed by atoms with Crippen molar-refractivity contribution in [2.24, 2.45) is 5.16 Å². The first-order valence-corrected chi connectivity index (χ1v) is 9.51. The van der Waals surface area contributed by atoms with Gasteiger partial charge in [-0.2, -0.15) is 0 Å². The summed E-state index contributed by atoms with van der Waals surface area (Å²) >= 11 is 0. The second kappa shape index (κ2) is 9.73. The molecule has 3 rings (SSSR count). The van der Waals surface area contributed by atoms with Crippen LogP contribution in [0, 0.1) is 6.92 Å². The molecule has 0 aliphatic rings. The number of nitrogens with zero attached hydrogens (tertiary/aromatic N) is 2. The van der Waals surface area contributed by atoms with E-state index in [2.05, 4.69) is 10.1 Å². The lowest BCUT2D eigenvalue weighted by Gasteiger charge is -2.13. The number of fused-ring (bicyclic) bond motifs is 1. The van der Waals surface area contributed by atoms with Gasteiger partial charge in [-0.05, 0) is 43.7 Å². The Hall–Kier alpha value is -3.61. The van der Waals surface area contributed by atoms with Crippen LogP contribution in [0.4, 0.5) is 0 Å². The zero-order chi connectivity index (χ0) is 21.5. The Bertz CT molecular complexity index is 1080. The van der Waals surface area contributed by atoms with Gasteiger partial charge >= 0.3 is 5.97 Å². The number of para-hydroxylation sites is 1. The molecule has 0 aliphatic heterocycles. The third-order valence-electron chi connectivity index (χ3n) is 4.59. The minimum absolute atomic E-state index is 0.0314. The predicted octanol–water partition coefficient (Wildman–Crippen LogP) is 4.29. The molecule has 0 fully saturated rings. The van der Waals surface area contributed by atoms with Gasteiger partial charge in [-0.1, -0.05) is 23.4 Å². The van der Waals surface area contributed by atoms with Crippen molar-refractivity contribution in [3.05, 3.63) is 64.8 Å². The lowest BCUT2D eigenvalue weighted by molar-refractivity contribution is 0.0517. The summed E-state index contributed by atoms with van der Waals surface area (Å²) < 4.78 is 15.7. The number of hydrogen-bond donors (Lipinski definition) is 0. The van der Waals surface area contributed by atoms with Crippen molar-refractivity contribution in [3.63, 3.8) is 0 Å². The Morgan fingerprint density at radius 2 is 1.87 bits per heavy atom. The number of benzene rings is 2. The highest BCUT2D eigenvalue weighted by Gasteiger charge is 2.20. The fraction of sp³-hybridized carbons (Fsp3) is 0.261. The molecule has 7 heteroatoms. The monoisotopic (exact) mass is 408 g/mol. The molecule has 0 aliphatic carbocycles. The van der Waals surface area contributed by atoms with Crippen LogP contribution >= 0.6 is 0 Å². The molecule has 0 saturated carbocycles. The summed E-state index contributed by atoms with van der Waals surface area (Å²) in [7, 11) is 3.15. The van der Waals surface area contributed by atoms with E-state index in [1.165, 1.54) is 0 Å². The van der Waals surface area contributed by atoms with Crippen LogP contribution in [0.25, 0.3) is 10.9 Å². The molecule has 1 aromatic heterocycles. The molecular formula is C23H24N2O5. The van der Waals surface area contributed by atoms with Crippen LogP contribution in [0.15, 0.2) is 47.6 Å². The van der Waals surface area contributed by atoms with E-state index < -0.39 is 5.97 Å². The highest BCUT2D eigenvalue weighted by atomic mass is 16.6. The maximum atomic E-state index is 12.5. The summed E-state index contributed by atoms with van der Waals surface area (Å²) in [5, 5.41) is 4.91.